The van der Waals surface area contributed by atoms with Crippen molar-refractivity contribution < 1.29 is 9.53 Å². The number of hydrogen-bond donors (Lipinski definition) is 2. The molecule has 4 nitrogen and oxygen atoms in total. The van der Waals surface area contributed by atoms with E-state index in [2.05, 4.69) is 19.2 Å². The van der Waals surface area contributed by atoms with Crippen LogP contribution in [0, 0.1) is 0 Å². The molecule has 3 N–H and O–H groups in total. The van der Waals surface area contributed by atoms with Gasteiger partial charge in [-0.3, -0.25) is 0 Å². The second kappa shape index (κ2) is 14.0. The van der Waals surface area contributed by atoms with E-state index in [0.29, 0.717) is 6.61 Å². The minimum Gasteiger partial charge on any atom is -0.445 e. The van der Waals surface area contributed by atoms with Gasteiger partial charge in [0.2, 0.25) is 0 Å². The summed E-state index contributed by atoms with van der Waals surface area (Å²) in [4.78, 5) is 11.4. The van der Waals surface area contributed by atoms with Crippen molar-refractivity contribution in [2.45, 2.75) is 59.1 Å². The lowest BCUT2D eigenvalue weighted by molar-refractivity contribution is 0.136. The second-order valence-electron chi connectivity index (χ2n) is 5.11. The molecule has 1 rings (SSSR count). The second-order valence-corrected chi connectivity index (χ2v) is 5.11. The summed E-state index contributed by atoms with van der Waals surface area (Å²) in [5.41, 5.74) is 6.03. The molecule has 1 aromatic carbocycles. The highest BCUT2D eigenvalue weighted by Gasteiger charge is 2.06. The molecule has 124 valence electrons. The molecule has 4 heteroatoms. The lowest BCUT2D eigenvalue weighted by Gasteiger charge is -2.12. The number of rotatable bonds is 7. The van der Waals surface area contributed by atoms with Gasteiger partial charge in [0.15, 0.2) is 0 Å². The maximum atomic E-state index is 11.4. The molecule has 0 spiro atoms. The van der Waals surface area contributed by atoms with Crippen LogP contribution in [0.15, 0.2) is 42.6 Å². The minimum atomic E-state index is -0.343. The van der Waals surface area contributed by atoms with E-state index < -0.39 is 0 Å². The standard InChI is InChI=1S/C13H19NO2.C5H11N/c1-3-7-11(2)14-13(15)16-10-12-8-5-4-6-9-12;1-2-3-4-5-6/h4-6,8-9,11H,3,7,10H2,1-2H3,(H,14,15);4-5H,2-3,6H2,1H3/t11-;/m0./s1. The van der Waals surface area contributed by atoms with Crippen molar-refractivity contribution in [2.24, 2.45) is 5.73 Å². The van der Waals surface area contributed by atoms with E-state index in [9.17, 15) is 4.79 Å². The summed E-state index contributed by atoms with van der Waals surface area (Å²) < 4.78 is 5.10. The first-order chi connectivity index (χ1) is 10.6. The lowest BCUT2D eigenvalue weighted by Crippen LogP contribution is -2.32. The molecule has 0 saturated heterocycles. The van der Waals surface area contributed by atoms with E-state index in [0.717, 1.165) is 24.8 Å². The van der Waals surface area contributed by atoms with Crippen LogP contribution in [-0.4, -0.2) is 12.1 Å². The topological polar surface area (TPSA) is 64.3 Å². The number of benzene rings is 1. The molecule has 0 heterocycles. The first kappa shape index (κ1) is 20.0. The van der Waals surface area contributed by atoms with Crippen LogP contribution in [0.2, 0.25) is 0 Å². The summed E-state index contributed by atoms with van der Waals surface area (Å²) in [7, 11) is 0. The lowest BCUT2D eigenvalue weighted by atomic mass is 10.2. The van der Waals surface area contributed by atoms with Crippen LogP contribution in [0.25, 0.3) is 0 Å². The Labute approximate surface area is 134 Å². The highest BCUT2D eigenvalue weighted by atomic mass is 16.5. The van der Waals surface area contributed by atoms with Crippen molar-refractivity contribution in [2.75, 3.05) is 0 Å². The van der Waals surface area contributed by atoms with Gasteiger partial charge >= 0.3 is 6.09 Å². The van der Waals surface area contributed by atoms with Gasteiger partial charge in [0.05, 0.1) is 0 Å². The molecule has 0 radical (unpaired) electrons. The number of hydrogen-bond acceptors (Lipinski definition) is 3. The van der Waals surface area contributed by atoms with E-state index in [-0.39, 0.29) is 12.1 Å². The average molecular weight is 306 g/mol. The Kier molecular flexibility index (Phi) is 12.7. The molecule has 0 unspecified atom stereocenters. The zero-order valence-corrected chi connectivity index (χ0v) is 14.0. The van der Waals surface area contributed by atoms with Crippen LogP contribution < -0.4 is 11.1 Å². The summed E-state index contributed by atoms with van der Waals surface area (Å²) >= 11 is 0. The number of amides is 1. The molecule has 0 aliphatic rings. The third-order valence-corrected chi connectivity index (χ3v) is 2.89. The number of carbonyl (C=O) groups is 1. The molecule has 0 bridgehead atoms. The van der Waals surface area contributed by atoms with Gasteiger partial charge in [-0.25, -0.2) is 4.79 Å². The number of carbonyl (C=O) groups excluding carboxylic acids is 1. The van der Waals surface area contributed by atoms with Crippen molar-refractivity contribution in [3.63, 3.8) is 0 Å². The van der Waals surface area contributed by atoms with E-state index >= 15 is 0 Å². The Hall–Kier alpha value is -1.97. The molecule has 22 heavy (non-hydrogen) atoms. The SMILES string of the molecule is CCCC=CN.CCC[C@H](C)NC(=O)OCc1ccccc1. The Bertz CT molecular complexity index is 405. The molecule has 1 aromatic rings. The van der Waals surface area contributed by atoms with Gasteiger partial charge in [0, 0.05) is 6.04 Å². The molecule has 1 atom stereocenters. The minimum absolute atomic E-state index is 0.174. The molecule has 1 amide bonds. The van der Waals surface area contributed by atoms with E-state index in [1.54, 1.807) is 6.20 Å². The number of alkyl carbamates (subject to hydrolysis) is 1. The Balaban J connectivity index is 0.000000626. The number of allylic oxidation sites excluding steroid dienone is 1. The first-order valence-corrected chi connectivity index (χ1v) is 7.97. The average Bonchev–Trinajstić information content (AvgIpc) is 2.53. The maximum Gasteiger partial charge on any atom is 0.407 e. The predicted molar refractivity (Wildman–Crippen MR) is 92.4 cm³/mol. The summed E-state index contributed by atoms with van der Waals surface area (Å²) in [6.45, 7) is 6.52. The van der Waals surface area contributed by atoms with Gasteiger partial charge in [0.1, 0.15) is 6.61 Å². The van der Waals surface area contributed by atoms with Gasteiger partial charge in [-0.1, -0.05) is 63.1 Å². The van der Waals surface area contributed by atoms with Gasteiger partial charge in [-0.05, 0) is 31.5 Å². The largest absolute Gasteiger partial charge is 0.445 e. The number of nitrogens with two attached hydrogens (primary N) is 1. The Morgan fingerprint density at radius 1 is 1.27 bits per heavy atom. The molecule has 0 saturated carbocycles. The quantitative estimate of drug-likeness (QED) is 0.786. The van der Waals surface area contributed by atoms with Crippen LogP contribution in [-0.2, 0) is 11.3 Å². The monoisotopic (exact) mass is 306 g/mol. The fourth-order valence-electron chi connectivity index (χ4n) is 1.73. The van der Waals surface area contributed by atoms with Crippen molar-refractivity contribution >= 4 is 6.09 Å². The third kappa shape index (κ3) is 11.8. The fraction of sp³-hybridized carbons (Fsp3) is 0.500. The zero-order chi connectivity index (χ0) is 16.6. The van der Waals surface area contributed by atoms with E-state index in [1.165, 1.54) is 6.42 Å². The van der Waals surface area contributed by atoms with Crippen LogP contribution in [0.1, 0.15) is 52.0 Å². The smallest absolute Gasteiger partial charge is 0.407 e. The van der Waals surface area contributed by atoms with Gasteiger partial charge in [-0.2, -0.15) is 0 Å². The summed E-state index contributed by atoms with van der Waals surface area (Å²) in [5, 5.41) is 2.79. The highest BCUT2D eigenvalue weighted by molar-refractivity contribution is 5.67. The molecular weight excluding hydrogens is 276 g/mol. The molecule has 0 aliphatic heterocycles. The van der Waals surface area contributed by atoms with Crippen LogP contribution in [0.4, 0.5) is 4.79 Å². The summed E-state index contributed by atoms with van der Waals surface area (Å²) in [6.07, 6.45) is 7.53. The zero-order valence-electron chi connectivity index (χ0n) is 14.0. The molecule has 0 aromatic heterocycles. The first-order valence-electron chi connectivity index (χ1n) is 7.97. The van der Waals surface area contributed by atoms with Gasteiger partial charge in [-0.15, -0.1) is 0 Å². The van der Waals surface area contributed by atoms with Crippen LogP contribution in [0.3, 0.4) is 0 Å². The van der Waals surface area contributed by atoms with Gasteiger partial charge in [0.25, 0.3) is 0 Å². The Morgan fingerprint density at radius 2 is 1.95 bits per heavy atom. The van der Waals surface area contributed by atoms with Crippen molar-refractivity contribution in [3.8, 4) is 0 Å². The van der Waals surface area contributed by atoms with Crippen molar-refractivity contribution in [3.05, 3.63) is 48.2 Å². The van der Waals surface area contributed by atoms with Crippen LogP contribution in [0.5, 0.6) is 0 Å². The molecular formula is C18H30N2O2. The Morgan fingerprint density at radius 3 is 2.45 bits per heavy atom. The normalized spacial score (nSPS) is 11.4. The van der Waals surface area contributed by atoms with Crippen molar-refractivity contribution in [1.82, 2.24) is 5.32 Å². The highest BCUT2D eigenvalue weighted by Crippen LogP contribution is 2.01. The van der Waals surface area contributed by atoms with Crippen LogP contribution >= 0.6 is 0 Å². The summed E-state index contributed by atoms with van der Waals surface area (Å²) in [6, 6.07) is 9.83. The van der Waals surface area contributed by atoms with Gasteiger partial charge < -0.3 is 15.8 Å². The number of unbranched alkanes of at least 4 members (excludes halogenated alkanes) is 1. The molecule has 0 fully saturated rings. The number of ether oxygens (including phenoxy) is 1. The predicted octanol–water partition coefficient (Wildman–Crippen LogP) is 4.36. The van der Waals surface area contributed by atoms with Crippen molar-refractivity contribution in [1.29, 1.82) is 0 Å². The summed E-state index contributed by atoms with van der Waals surface area (Å²) in [5.74, 6) is 0. The molecule has 0 aliphatic carbocycles. The number of nitrogens with one attached hydrogen (secondary N) is 1. The third-order valence-electron chi connectivity index (χ3n) is 2.89. The van der Waals surface area contributed by atoms with E-state index in [1.807, 2.05) is 43.3 Å². The fourth-order valence-corrected chi connectivity index (χ4v) is 1.73. The van der Waals surface area contributed by atoms with E-state index in [4.69, 9.17) is 10.5 Å². The maximum absolute atomic E-state index is 11.4.